The van der Waals surface area contributed by atoms with Crippen LogP contribution in [0.3, 0.4) is 0 Å². The fourth-order valence-electron chi connectivity index (χ4n) is 5.79. The Bertz CT molecular complexity index is 1200. The summed E-state index contributed by atoms with van der Waals surface area (Å²) < 4.78 is 38.8. The van der Waals surface area contributed by atoms with Crippen LogP contribution in [-0.2, 0) is 15.8 Å². The number of likely N-dealkylation sites (tertiary alicyclic amines) is 2. The van der Waals surface area contributed by atoms with Crippen LogP contribution in [0.4, 0.5) is 19.1 Å². The van der Waals surface area contributed by atoms with E-state index in [-0.39, 0.29) is 40.9 Å². The van der Waals surface area contributed by atoms with Crippen molar-refractivity contribution in [2.45, 2.75) is 44.7 Å². The lowest BCUT2D eigenvalue weighted by molar-refractivity contribution is -0.142. The molecule has 2 saturated heterocycles. The van der Waals surface area contributed by atoms with Crippen molar-refractivity contribution in [3.63, 3.8) is 0 Å². The Kier molecular flexibility index (Phi) is 7.52. The molecule has 210 valence electrons. The summed E-state index contributed by atoms with van der Waals surface area (Å²) in [6.07, 6.45) is 0.291. The minimum absolute atomic E-state index is 0.0162. The largest absolute Gasteiger partial charge is 0.419 e. The molecule has 2 amide bonds. The summed E-state index contributed by atoms with van der Waals surface area (Å²) in [5.74, 6) is 0.438. The summed E-state index contributed by atoms with van der Waals surface area (Å²) in [4.78, 5) is 39.8. The van der Waals surface area contributed by atoms with Gasteiger partial charge in [-0.15, -0.1) is 0 Å². The number of nitrogens with zero attached hydrogens (tertiary/aromatic N) is 5. The summed E-state index contributed by atoms with van der Waals surface area (Å²) in [6.45, 7) is 4.76. The topological polar surface area (TPSA) is 69.6 Å². The van der Waals surface area contributed by atoms with Crippen LogP contribution in [-0.4, -0.2) is 71.4 Å². The molecule has 5 rings (SSSR count). The molecule has 1 aromatic carbocycles. The van der Waals surface area contributed by atoms with Crippen LogP contribution in [0.1, 0.15) is 49.7 Å². The van der Waals surface area contributed by atoms with E-state index in [0.717, 1.165) is 30.8 Å². The molecular weight excluding hydrogens is 531 g/mol. The quantitative estimate of drug-likeness (QED) is 0.502. The predicted octanol–water partition coefficient (Wildman–Crippen LogP) is 4.87. The molecule has 3 aliphatic rings. The third-order valence-corrected chi connectivity index (χ3v) is 8.77. The monoisotopic (exact) mass is 563 g/mol. The molecule has 0 N–H and O–H groups in total. The van der Waals surface area contributed by atoms with Gasteiger partial charge >= 0.3 is 6.18 Å². The van der Waals surface area contributed by atoms with Crippen molar-refractivity contribution in [3.05, 3.63) is 52.8 Å². The van der Waals surface area contributed by atoms with Gasteiger partial charge in [-0.05, 0) is 43.4 Å². The number of rotatable bonds is 6. The Labute approximate surface area is 231 Å². The number of hydrogen-bond donors (Lipinski definition) is 0. The van der Waals surface area contributed by atoms with Crippen LogP contribution >= 0.6 is 11.6 Å². The van der Waals surface area contributed by atoms with Gasteiger partial charge in [0.2, 0.25) is 17.8 Å². The third-order valence-electron chi connectivity index (χ3n) is 8.51. The van der Waals surface area contributed by atoms with Gasteiger partial charge in [-0.25, -0.2) is 9.97 Å². The SMILES string of the molecule is CN(C[C@@H]1CN(C(=O)C2CCN(C(=O)C3(C)CC3)CC2)C[C@@H]1c1ccc(Cl)cc1)c1ncc(C(F)(F)F)cn1. The zero-order valence-electron chi connectivity index (χ0n) is 22.1. The lowest BCUT2D eigenvalue weighted by atomic mass is 9.88. The lowest BCUT2D eigenvalue weighted by Gasteiger charge is -2.34. The molecule has 2 atom stereocenters. The van der Waals surface area contributed by atoms with Crippen LogP contribution in [0.5, 0.6) is 0 Å². The van der Waals surface area contributed by atoms with Gasteiger partial charge in [0.25, 0.3) is 0 Å². The first-order valence-electron chi connectivity index (χ1n) is 13.4. The Balaban J connectivity index is 1.27. The average Bonchev–Trinajstić information content (AvgIpc) is 3.54. The lowest BCUT2D eigenvalue weighted by Crippen LogP contribution is -2.46. The van der Waals surface area contributed by atoms with Gasteiger partial charge in [-0.3, -0.25) is 9.59 Å². The molecule has 2 aromatic rings. The molecule has 0 unspecified atom stereocenters. The zero-order chi connectivity index (χ0) is 27.9. The fourth-order valence-corrected chi connectivity index (χ4v) is 5.92. The summed E-state index contributed by atoms with van der Waals surface area (Å²) in [5.41, 5.74) is -0.0389. The van der Waals surface area contributed by atoms with Crippen molar-refractivity contribution >= 4 is 29.4 Å². The van der Waals surface area contributed by atoms with Gasteiger partial charge in [0.1, 0.15) is 0 Å². The van der Waals surface area contributed by atoms with Gasteiger partial charge in [-0.1, -0.05) is 30.7 Å². The predicted molar refractivity (Wildman–Crippen MR) is 141 cm³/mol. The van der Waals surface area contributed by atoms with Crippen LogP contribution < -0.4 is 4.90 Å². The minimum Gasteiger partial charge on any atom is -0.344 e. The molecule has 0 radical (unpaired) electrons. The molecule has 1 aromatic heterocycles. The second-order valence-electron chi connectivity index (χ2n) is 11.4. The van der Waals surface area contributed by atoms with E-state index >= 15 is 0 Å². The number of benzene rings is 1. The number of amides is 2. The van der Waals surface area contributed by atoms with Gasteiger partial charge in [0.05, 0.1) is 5.56 Å². The molecule has 1 saturated carbocycles. The van der Waals surface area contributed by atoms with E-state index in [2.05, 4.69) is 9.97 Å². The maximum atomic E-state index is 13.6. The number of carbonyl (C=O) groups excluding carboxylic acids is 2. The van der Waals surface area contributed by atoms with Crippen molar-refractivity contribution in [1.29, 1.82) is 0 Å². The molecule has 3 heterocycles. The van der Waals surface area contributed by atoms with Gasteiger partial charge in [0.15, 0.2) is 0 Å². The van der Waals surface area contributed by atoms with E-state index in [1.165, 1.54) is 0 Å². The number of halogens is 4. The molecule has 1 aliphatic carbocycles. The average molecular weight is 564 g/mol. The molecule has 11 heteroatoms. The molecule has 0 bridgehead atoms. The molecule has 3 fully saturated rings. The fraction of sp³-hybridized carbons (Fsp3) is 0.571. The van der Waals surface area contributed by atoms with E-state index < -0.39 is 11.7 Å². The third kappa shape index (κ3) is 6.00. The molecule has 0 spiro atoms. The van der Waals surface area contributed by atoms with Gasteiger partial charge < -0.3 is 14.7 Å². The highest BCUT2D eigenvalue weighted by atomic mass is 35.5. The highest BCUT2D eigenvalue weighted by Gasteiger charge is 2.48. The van der Waals surface area contributed by atoms with Crippen molar-refractivity contribution in [2.75, 3.05) is 44.7 Å². The second-order valence-corrected chi connectivity index (χ2v) is 11.9. The summed E-state index contributed by atoms with van der Waals surface area (Å²) in [7, 11) is 1.75. The minimum atomic E-state index is -4.50. The van der Waals surface area contributed by atoms with E-state index in [1.54, 1.807) is 11.9 Å². The maximum absolute atomic E-state index is 13.6. The summed E-state index contributed by atoms with van der Waals surface area (Å²) in [5, 5.41) is 0.623. The first-order valence-corrected chi connectivity index (χ1v) is 13.8. The van der Waals surface area contributed by atoms with E-state index in [0.29, 0.717) is 50.6 Å². The standard InChI is InChI=1S/C28H33ClF3N5O2/c1-27(9-10-27)25(39)36-11-7-19(8-12-36)24(38)37-16-20(23(17-37)18-3-5-22(29)6-4-18)15-35(2)26-33-13-21(14-34-26)28(30,31)32/h3-6,13-14,19-20,23H,7-12,15-17H2,1-2H3/t20-,23-/m1/s1. The molecular formula is C28H33ClF3N5O2. The Hall–Kier alpha value is -2.88. The van der Waals surface area contributed by atoms with E-state index in [9.17, 15) is 22.8 Å². The molecule has 7 nitrogen and oxygen atoms in total. The number of hydrogen-bond acceptors (Lipinski definition) is 5. The Morgan fingerprint density at radius 3 is 2.23 bits per heavy atom. The summed E-state index contributed by atoms with van der Waals surface area (Å²) >= 11 is 6.11. The first-order chi connectivity index (χ1) is 18.4. The van der Waals surface area contributed by atoms with Gasteiger partial charge in [-0.2, -0.15) is 13.2 Å². The number of carbonyl (C=O) groups is 2. The smallest absolute Gasteiger partial charge is 0.344 e. The highest BCUT2D eigenvalue weighted by molar-refractivity contribution is 6.30. The normalized spacial score (nSPS) is 23.1. The molecule has 39 heavy (non-hydrogen) atoms. The van der Waals surface area contributed by atoms with Crippen molar-refractivity contribution in [2.24, 2.45) is 17.3 Å². The molecule has 2 aliphatic heterocycles. The number of anilines is 1. The van der Waals surface area contributed by atoms with Crippen molar-refractivity contribution in [3.8, 4) is 0 Å². The Morgan fingerprint density at radius 2 is 1.67 bits per heavy atom. The second kappa shape index (κ2) is 10.6. The zero-order valence-corrected chi connectivity index (χ0v) is 22.9. The Morgan fingerprint density at radius 1 is 1.05 bits per heavy atom. The van der Waals surface area contributed by atoms with Crippen molar-refractivity contribution in [1.82, 2.24) is 19.8 Å². The number of alkyl halides is 3. The number of aromatic nitrogens is 2. The van der Waals surface area contributed by atoms with Crippen molar-refractivity contribution < 1.29 is 22.8 Å². The van der Waals surface area contributed by atoms with Crippen LogP contribution in [0, 0.1) is 17.3 Å². The highest BCUT2D eigenvalue weighted by Crippen LogP contribution is 2.47. The van der Waals surface area contributed by atoms with Crippen LogP contribution in [0.15, 0.2) is 36.7 Å². The van der Waals surface area contributed by atoms with E-state index in [4.69, 9.17) is 11.6 Å². The number of piperidine rings is 1. The van der Waals surface area contributed by atoms with Crippen LogP contribution in [0.25, 0.3) is 0 Å². The maximum Gasteiger partial charge on any atom is 0.419 e. The van der Waals surface area contributed by atoms with Gasteiger partial charge in [0, 0.05) is 80.4 Å². The summed E-state index contributed by atoms with van der Waals surface area (Å²) in [6, 6.07) is 7.58. The van der Waals surface area contributed by atoms with Crippen LogP contribution in [0.2, 0.25) is 5.02 Å². The first kappa shape index (κ1) is 27.7. The van der Waals surface area contributed by atoms with E-state index in [1.807, 2.05) is 41.0 Å².